The number of hydrogen-bond acceptors (Lipinski definition) is 6. The van der Waals surface area contributed by atoms with Crippen LogP contribution in [0.1, 0.15) is 123 Å². The van der Waals surface area contributed by atoms with Gasteiger partial charge in [0.25, 0.3) is 5.69 Å². The van der Waals surface area contributed by atoms with Crippen LogP contribution in [0.5, 0.6) is 0 Å². The summed E-state index contributed by atoms with van der Waals surface area (Å²) >= 11 is 0. The number of benzene rings is 1. The molecule has 0 heterocycles. The van der Waals surface area contributed by atoms with Crippen molar-refractivity contribution in [2.75, 3.05) is 0 Å². The Morgan fingerprint density at radius 2 is 1.64 bits per heavy atom. The highest BCUT2D eigenvalue weighted by Gasteiger charge is 2.60. The maximum absolute atomic E-state index is 12.8. The van der Waals surface area contributed by atoms with E-state index in [0.29, 0.717) is 40.6 Å². The molecule has 0 spiro atoms. The second-order valence-corrected chi connectivity index (χ2v) is 15.6. The van der Waals surface area contributed by atoms with Gasteiger partial charge in [0.05, 0.1) is 10.5 Å². The number of nitro benzene ring substituents is 1. The van der Waals surface area contributed by atoms with Gasteiger partial charge in [-0.2, -0.15) is 0 Å². The lowest BCUT2D eigenvalue weighted by Gasteiger charge is -2.61. The SMILES string of the molecule is C[C@H](CCC(=O)OC(C)(C)C)C1CC[C@H]2[C@@H]3CC[C@@H]4C[C@@H](OC(=O)c5ccc([N+](=O)[O-])cc5)CC[C@]4(C)[C@H]3CC[C@]12C. The molecule has 0 radical (unpaired) electrons. The Labute approximate surface area is 251 Å². The maximum atomic E-state index is 12.8. The second kappa shape index (κ2) is 11.6. The number of esters is 2. The van der Waals surface area contributed by atoms with E-state index in [0.717, 1.165) is 43.4 Å². The van der Waals surface area contributed by atoms with E-state index < -0.39 is 10.5 Å². The second-order valence-electron chi connectivity index (χ2n) is 15.6. The van der Waals surface area contributed by atoms with E-state index in [-0.39, 0.29) is 23.7 Å². The third-order valence-corrected chi connectivity index (χ3v) is 12.2. The van der Waals surface area contributed by atoms with Crippen LogP contribution >= 0.6 is 0 Å². The highest BCUT2D eigenvalue weighted by Crippen LogP contribution is 2.68. The molecule has 7 nitrogen and oxygen atoms in total. The summed E-state index contributed by atoms with van der Waals surface area (Å²) < 4.78 is 11.5. The average Bonchev–Trinajstić information content (AvgIpc) is 3.28. The number of nitrogens with zero attached hydrogens (tertiary/aromatic N) is 1. The van der Waals surface area contributed by atoms with Gasteiger partial charge in [-0.1, -0.05) is 20.8 Å². The van der Waals surface area contributed by atoms with Gasteiger partial charge in [0.2, 0.25) is 0 Å². The molecule has 4 fully saturated rings. The van der Waals surface area contributed by atoms with Gasteiger partial charge < -0.3 is 9.47 Å². The summed E-state index contributed by atoms with van der Waals surface area (Å²) in [5, 5.41) is 10.9. The summed E-state index contributed by atoms with van der Waals surface area (Å²) in [5.74, 6) is 3.58. The molecule has 0 saturated heterocycles. The molecule has 5 rings (SSSR count). The predicted molar refractivity (Wildman–Crippen MR) is 162 cm³/mol. The highest BCUT2D eigenvalue weighted by molar-refractivity contribution is 5.89. The minimum atomic E-state index is -0.458. The smallest absolute Gasteiger partial charge is 0.338 e. The lowest BCUT2D eigenvalue weighted by atomic mass is 9.44. The first-order chi connectivity index (χ1) is 19.7. The third kappa shape index (κ3) is 5.99. The minimum absolute atomic E-state index is 0.0239. The Morgan fingerprint density at radius 1 is 0.976 bits per heavy atom. The van der Waals surface area contributed by atoms with E-state index in [4.69, 9.17) is 9.47 Å². The van der Waals surface area contributed by atoms with E-state index in [1.807, 2.05) is 20.8 Å². The largest absolute Gasteiger partial charge is 0.460 e. The molecule has 9 atom stereocenters. The molecule has 4 aliphatic rings. The summed E-state index contributed by atoms with van der Waals surface area (Å²) in [6.45, 7) is 13.3. The first kappa shape index (κ1) is 31.0. The monoisotopic (exact) mass is 581 g/mol. The maximum Gasteiger partial charge on any atom is 0.338 e. The Bertz CT molecular complexity index is 1170. The Morgan fingerprint density at radius 3 is 2.31 bits per heavy atom. The molecular weight excluding hydrogens is 530 g/mol. The van der Waals surface area contributed by atoms with Gasteiger partial charge in [0.15, 0.2) is 0 Å². The molecule has 4 saturated carbocycles. The summed E-state index contributed by atoms with van der Waals surface area (Å²) in [6, 6.07) is 5.71. The number of hydrogen-bond donors (Lipinski definition) is 0. The Hall–Kier alpha value is -2.44. The van der Waals surface area contributed by atoms with Gasteiger partial charge in [-0.05, 0) is 143 Å². The topological polar surface area (TPSA) is 95.7 Å². The van der Waals surface area contributed by atoms with Crippen LogP contribution in [0.25, 0.3) is 0 Å². The molecule has 0 N–H and O–H groups in total. The fraction of sp³-hybridized carbons (Fsp3) is 0.771. The van der Waals surface area contributed by atoms with Crippen LogP contribution in [-0.2, 0) is 14.3 Å². The lowest BCUT2D eigenvalue weighted by molar-refractivity contribution is -0.384. The van der Waals surface area contributed by atoms with Crippen LogP contribution < -0.4 is 0 Å². The van der Waals surface area contributed by atoms with Crippen LogP contribution in [0.15, 0.2) is 24.3 Å². The van der Waals surface area contributed by atoms with Crippen molar-refractivity contribution in [2.45, 2.75) is 124 Å². The number of ether oxygens (including phenoxy) is 2. The molecule has 4 aliphatic carbocycles. The predicted octanol–water partition coefficient (Wildman–Crippen LogP) is 8.54. The number of carbonyl (C=O) groups is 2. The summed E-state index contributed by atoms with van der Waals surface area (Å²) in [6.07, 6.45) is 11.9. The zero-order chi connectivity index (χ0) is 30.4. The van der Waals surface area contributed by atoms with Crippen LogP contribution in [0.4, 0.5) is 5.69 Å². The van der Waals surface area contributed by atoms with Crippen molar-refractivity contribution < 1.29 is 24.0 Å². The molecule has 232 valence electrons. The highest BCUT2D eigenvalue weighted by atomic mass is 16.6. The van der Waals surface area contributed by atoms with Gasteiger partial charge >= 0.3 is 11.9 Å². The van der Waals surface area contributed by atoms with Crippen LogP contribution in [-0.4, -0.2) is 28.6 Å². The van der Waals surface area contributed by atoms with Gasteiger partial charge in [-0.25, -0.2) is 4.79 Å². The van der Waals surface area contributed by atoms with Gasteiger partial charge in [0.1, 0.15) is 11.7 Å². The molecule has 42 heavy (non-hydrogen) atoms. The third-order valence-electron chi connectivity index (χ3n) is 12.2. The number of non-ortho nitro benzene ring substituents is 1. The standard InChI is InChI=1S/C35H51NO6/c1-22(7-16-31(37)42-33(2,3)4)28-14-15-29-27-13-10-24-21-26(17-19-34(24,5)30(27)18-20-35(28,29)6)41-32(38)23-8-11-25(12-9-23)36(39)40/h8-9,11-12,22,24,26-30H,7,10,13-21H2,1-6H3/t22-,24-,26+,27+,28?,29+,30+,34+,35-/m1/s1. The van der Waals surface area contributed by atoms with E-state index in [1.54, 1.807) is 0 Å². The number of nitro groups is 1. The van der Waals surface area contributed by atoms with Crippen molar-refractivity contribution in [3.8, 4) is 0 Å². The molecule has 0 aromatic heterocycles. The van der Waals surface area contributed by atoms with Crippen LogP contribution in [0, 0.1) is 56.5 Å². The van der Waals surface area contributed by atoms with Crippen molar-refractivity contribution in [2.24, 2.45) is 46.3 Å². The van der Waals surface area contributed by atoms with Crippen molar-refractivity contribution in [1.29, 1.82) is 0 Å². The average molecular weight is 582 g/mol. The quantitative estimate of drug-likeness (QED) is 0.182. The Kier molecular flexibility index (Phi) is 8.54. The van der Waals surface area contributed by atoms with Crippen molar-refractivity contribution in [3.05, 3.63) is 39.9 Å². The molecular formula is C35H51NO6. The normalized spacial score (nSPS) is 36.6. The summed E-state index contributed by atoms with van der Waals surface area (Å²) in [5.41, 5.74) is 0.576. The molecule has 1 unspecified atom stereocenters. The zero-order valence-electron chi connectivity index (χ0n) is 26.5. The van der Waals surface area contributed by atoms with Gasteiger partial charge in [0, 0.05) is 18.6 Å². The molecule has 0 aliphatic heterocycles. The first-order valence-electron chi connectivity index (χ1n) is 16.4. The van der Waals surface area contributed by atoms with E-state index >= 15 is 0 Å². The van der Waals surface area contributed by atoms with Crippen LogP contribution in [0.2, 0.25) is 0 Å². The van der Waals surface area contributed by atoms with Crippen molar-refractivity contribution in [1.82, 2.24) is 0 Å². The number of fused-ring (bicyclic) bond motifs is 5. The summed E-state index contributed by atoms with van der Waals surface area (Å²) in [7, 11) is 0. The molecule has 7 heteroatoms. The molecule has 1 aromatic rings. The number of carbonyl (C=O) groups excluding carboxylic acids is 2. The zero-order valence-corrected chi connectivity index (χ0v) is 26.5. The van der Waals surface area contributed by atoms with Crippen LogP contribution in [0.3, 0.4) is 0 Å². The lowest BCUT2D eigenvalue weighted by Crippen LogP contribution is -2.54. The fourth-order valence-corrected chi connectivity index (χ4v) is 10.2. The van der Waals surface area contributed by atoms with Crippen molar-refractivity contribution >= 4 is 17.6 Å². The van der Waals surface area contributed by atoms with Gasteiger partial charge in [-0.15, -0.1) is 0 Å². The van der Waals surface area contributed by atoms with E-state index in [1.165, 1.54) is 62.8 Å². The van der Waals surface area contributed by atoms with E-state index in [9.17, 15) is 19.7 Å². The Balaban J connectivity index is 1.19. The first-order valence-corrected chi connectivity index (χ1v) is 16.4. The van der Waals surface area contributed by atoms with E-state index in [2.05, 4.69) is 20.8 Å². The minimum Gasteiger partial charge on any atom is -0.460 e. The number of rotatable bonds is 7. The molecule has 0 bridgehead atoms. The molecule has 0 amide bonds. The van der Waals surface area contributed by atoms with Crippen molar-refractivity contribution in [3.63, 3.8) is 0 Å². The summed E-state index contributed by atoms with van der Waals surface area (Å²) in [4.78, 5) is 35.7. The molecule has 1 aromatic carbocycles. The van der Waals surface area contributed by atoms with Gasteiger partial charge in [-0.3, -0.25) is 14.9 Å². The fourth-order valence-electron chi connectivity index (χ4n) is 10.2.